The Labute approximate surface area is 116 Å². The zero-order valence-electron chi connectivity index (χ0n) is 11.2. The van der Waals surface area contributed by atoms with Gasteiger partial charge in [0.15, 0.2) is 0 Å². The maximum absolute atomic E-state index is 11.6. The molecule has 19 heavy (non-hydrogen) atoms. The molecular formula is C12H20N4O2S. The zero-order valence-corrected chi connectivity index (χ0v) is 12.0. The van der Waals surface area contributed by atoms with E-state index in [0.717, 1.165) is 5.01 Å². The van der Waals surface area contributed by atoms with Crippen molar-refractivity contribution in [2.75, 3.05) is 11.9 Å². The van der Waals surface area contributed by atoms with Crippen molar-refractivity contribution in [3.05, 3.63) is 5.01 Å². The van der Waals surface area contributed by atoms with Crippen LogP contribution < -0.4 is 10.6 Å². The number of aliphatic hydroxyl groups excluding tert-OH is 1. The van der Waals surface area contributed by atoms with Crippen LogP contribution in [0.3, 0.4) is 0 Å². The van der Waals surface area contributed by atoms with Crippen molar-refractivity contribution in [3.8, 4) is 0 Å². The van der Waals surface area contributed by atoms with Gasteiger partial charge in [0.1, 0.15) is 5.01 Å². The van der Waals surface area contributed by atoms with Crippen LogP contribution in [0.1, 0.15) is 44.0 Å². The van der Waals surface area contributed by atoms with E-state index in [-0.39, 0.29) is 12.6 Å². The SMILES string of the molecule is CC(C)CC(O)CNC(=O)Nc1nnc(C2CC2)s1. The third-order valence-electron chi connectivity index (χ3n) is 2.83. The summed E-state index contributed by atoms with van der Waals surface area (Å²) in [5.41, 5.74) is 0. The molecule has 0 radical (unpaired) electrons. The van der Waals surface area contributed by atoms with Crippen molar-refractivity contribution in [1.82, 2.24) is 15.5 Å². The number of rotatable bonds is 6. The minimum atomic E-state index is -0.512. The van der Waals surface area contributed by atoms with Crippen molar-refractivity contribution in [3.63, 3.8) is 0 Å². The van der Waals surface area contributed by atoms with Crippen molar-refractivity contribution in [2.45, 2.75) is 45.1 Å². The molecule has 1 aliphatic carbocycles. The normalized spacial score (nSPS) is 16.4. The van der Waals surface area contributed by atoms with Gasteiger partial charge in [-0.3, -0.25) is 5.32 Å². The molecule has 0 spiro atoms. The lowest BCUT2D eigenvalue weighted by Gasteiger charge is -2.13. The van der Waals surface area contributed by atoms with Crippen LogP contribution in [0, 0.1) is 5.92 Å². The molecule has 1 saturated carbocycles. The first-order valence-electron chi connectivity index (χ1n) is 6.61. The quantitative estimate of drug-likeness (QED) is 0.745. The lowest BCUT2D eigenvalue weighted by atomic mass is 10.1. The fourth-order valence-corrected chi connectivity index (χ4v) is 2.67. The molecule has 2 amide bonds. The second kappa shape index (κ2) is 6.29. The number of urea groups is 1. The summed E-state index contributed by atoms with van der Waals surface area (Å²) in [6.07, 6.45) is 2.50. The zero-order chi connectivity index (χ0) is 13.8. The highest BCUT2D eigenvalue weighted by Gasteiger charge is 2.27. The Kier molecular flexibility index (Phi) is 4.71. The summed E-state index contributed by atoms with van der Waals surface area (Å²) in [6, 6.07) is -0.346. The Morgan fingerprint density at radius 2 is 2.21 bits per heavy atom. The molecule has 7 heteroatoms. The fourth-order valence-electron chi connectivity index (χ4n) is 1.76. The Morgan fingerprint density at radius 1 is 1.47 bits per heavy atom. The largest absolute Gasteiger partial charge is 0.391 e. The summed E-state index contributed by atoms with van der Waals surface area (Å²) in [4.78, 5) is 11.6. The number of hydrogen-bond acceptors (Lipinski definition) is 5. The lowest BCUT2D eigenvalue weighted by molar-refractivity contribution is 0.148. The molecule has 1 aliphatic rings. The van der Waals surface area contributed by atoms with Gasteiger partial charge in [-0.1, -0.05) is 25.2 Å². The number of nitrogens with zero attached hydrogens (tertiary/aromatic N) is 2. The number of anilines is 1. The predicted molar refractivity (Wildman–Crippen MR) is 74.4 cm³/mol. The van der Waals surface area contributed by atoms with E-state index in [9.17, 15) is 9.90 Å². The van der Waals surface area contributed by atoms with Crippen LogP contribution in [-0.2, 0) is 0 Å². The maximum Gasteiger partial charge on any atom is 0.321 e. The summed E-state index contributed by atoms with van der Waals surface area (Å²) < 4.78 is 0. The molecule has 0 bridgehead atoms. The highest BCUT2D eigenvalue weighted by molar-refractivity contribution is 7.15. The van der Waals surface area contributed by atoms with E-state index in [4.69, 9.17) is 0 Å². The van der Waals surface area contributed by atoms with Crippen molar-refractivity contribution >= 4 is 22.5 Å². The van der Waals surface area contributed by atoms with Gasteiger partial charge in [0, 0.05) is 12.5 Å². The third-order valence-corrected chi connectivity index (χ3v) is 3.83. The minimum Gasteiger partial charge on any atom is -0.391 e. The molecule has 1 heterocycles. The van der Waals surface area contributed by atoms with Crippen molar-refractivity contribution in [1.29, 1.82) is 0 Å². The molecule has 0 aliphatic heterocycles. The first-order valence-corrected chi connectivity index (χ1v) is 7.42. The number of amides is 2. The van der Waals surface area contributed by atoms with Gasteiger partial charge >= 0.3 is 6.03 Å². The van der Waals surface area contributed by atoms with Crippen LogP contribution in [0.5, 0.6) is 0 Å². The van der Waals surface area contributed by atoms with E-state index in [1.165, 1.54) is 24.2 Å². The highest BCUT2D eigenvalue weighted by Crippen LogP contribution is 2.41. The fraction of sp³-hybridized carbons (Fsp3) is 0.750. The molecule has 1 aromatic heterocycles. The van der Waals surface area contributed by atoms with Crippen LogP contribution in [0.2, 0.25) is 0 Å². The number of hydrogen-bond donors (Lipinski definition) is 3. The second-order valence-electron chi connectivity index (χ2n) is 5.34. The maximum atomic E-state index is 11.6. The first kappa shape index (κ1) is 14.2. The molecule has 3 N–H and O–H groups in total. The topological polar surface area (TPSA) is 87.1 Å². The average Bonchev–Trinajstić information content (AvgIpc) is 3.07. The number of aliphatic hydroxyl groups is 1. The summed E-state index contributed by atoms with van der Waals surface area (Å²) in [6.45, 7) is 4.31. The Balaban J connectivity index is 1.71. The molecule has 2 rings (SSSR count). The van der Waals surface area contributed by atoms with Crippen LogP contribution in [-0.4, -0.2) is 34.0 Å². The standard InChI is InChI=1S/C12H20N4O2S/c1-7(2)5-9(17)6-13-11(18)14-12-16-15-10(19-12)8-3-4-8/h7-9,17H,3-6H2,1-2H3,(H2,13,14,16,18). The third kappa shape index (κ3) is 4.76. The van der Waals surface area contributed by atoms with Gasteiger partial charge in [0.25, 0.3) is 0 Å². The van der Waals surface area contributed by atoms with Gasteiger partial charge < -0.3 is 10.4 Å². The Morgan fingerprint density at radius 3 is 2.84 bits per heavy atom. The second-order valence-corrected chi connectivity index (χ2v) is 6.35. The van der Waals surface area contributed by atoms with Gasteiger partial charge in [0.2, 0.25) is 5.13 Å². The van der Waals surface area contributed by atoms with E-state index in [2.05, 4.69) is 20.8 Å². The number of nitrogens with one attached hydrogen (secondary N) is 2. The van der Waals surface area contributed by atoms with Gasteiger partial charge in [-0.2, -0.15) is 0 Å². The van der Waals surface area contributed by atoms with Gasteiger partial charge in [-0.15, -0.1) is 10.2 Å². The van der Waals surface area contributed by atoms with E-state index in [1.54, 1.807) is 0 Å². The summed E-state index contributed by atoms with van der Waals surface area (Å²) in [5, 5.41) is 24.4. The Hall–Kier alpha value is -1.21. The molecule has 1 fully saturated rings. The predicted octanol–water partition coefficient (Wildman–Crippen LogP) is 1.94. The molecule has 0 aromatic carbocycles. The van der Waals surface area contributed by atoms with Crippen molar-refractivity contribution < 1.29 is 9.90 Å². The van der Waals surface area contributed by atoms with Crippen LogP contribution >= 0.6 is 11.3 Å². The first-order chi connectivity index (χ1) is 9.04. The van der Waals surface area contributed by atoms with Gasteiger partial charge in [-0.25, -0.2) is 4.79 Å². The van der Waals surface area contributed by atoms with E-state index in [1.807, 2.05) is 13.8 Å². The van der Waals surface area contributed by atoms with Crippen LogP contribution in [0.15, 0.2) is 0 Å². The number of carbonyl (C=O) groups excluding carboxylic acids is 1. The van der Waals surface area contributed by atoms with E-state index < -0.39 is 6.10 Å². The Bertz CT molecular complexity index is 431. The highest BCUT2D eigenvalue weighted by atomic mass is 32.1. The van der Waals surface area contributed by atoms with Gasteiger partial charge in [0.05, 0.1) is 6.10 Å². The van der Waals surface area contributed by atoms with E-state index >= 15 is 0 Å². The number of aromatic nitrogens is 2. The smallest absolute Gasteiger partial charge is 0.321 e. The van der Waals surface area contributed by atoms with E-state index in [0.29, 0.717) is 23.4 Å². The summed E-state index contributed by atoms with van der Waals surface area (Å²) in [7, 11) is 0. The molecular weight excluding hydrogens is 264 g/mol. The molecule has 6 nitrogen and oxygen atoms in total. The molecule has 1 atom stereocenters. The van der Waals surface area contributed by atoms with Crippen LogP contribution in [0.25, 0.3) is 0 Å². The average molecular weight is 284 g/mol. The minimum absolute atomic E-state index is 0.248. The van der Waals surface area contributed by atoms with Crippen LogP contribution in [0.4, 0.5) is 9.93 Å². The summed E-state index contributed by atoms with van der Waals surface area (Å²) in [5.74, 6) is 0.952. The monoisotopic (exact) mass is 284 g/mol. The molecule has 106 valence electrons. The molecule has 1 unspecified atom stereocenters. The van der Waals surface area contributed by atoms with Crippen molar-refractivity contribution in [2.24, 2.45) is 5.92 Å². The molecule has 0 saturated heterocycles. The van der Waals surface area contributed by atoms with Gasteiger partial charge in [-0.05, 0) is 25.2 Å². The lowest BCUT2D eigenvalue weighted by Crippen LogP contribution is -2.35. The molecule has 1 aromatic rings. The summed E-state index contributed by atoms with van der Waals surface area (Å²) >= 11 is 1.42. The number of carbonyl (C=O) groups is 1.